The van der Waals surface area contributed by atoms with Gasteiger partial charge in [-0.1, -0.05) is 71.1 Å². The van der Waals surface area contributed by atoms with E-state index >= 15 is 0 Å². The monoisotopic (exact) mass is 265 g/mol. The number of rotatable bonds is 10. The second-order valence-corrected chi connectivity index (χ2v) is 7.17. The quantitative estimate of drug-likeness (QED) is 0.529. The summed E-state index contributed by atoms with van der Waals surface area (Å²) < 4.78 is 0. The molecule has 1 saturated heterocycles. The highest BCUT2D eigenvalue weighted by atomic mass is 15.0. The Morgan fingerprint density at radius 1 is 0.842 bits per heavy atom. The summed E-state index contributed by atoms with van der Waals surface area (Å²) in [5.41, 5.74) is 0.735. The van der Waals surface area contributed by atoms with E-state index in [4.69, 9.17) is 0 Å². The summed E-state index contributed by atoms with van der Waals surface area (Å²) in [4.78, 5) is 0. The molecule has 112 valence electrons. The van der Waals surface area contributed by atoms with Crippen LogP contribution in [0.2, 0.25) is 0 Å². The third-order valence-corrected chi connectivity index (χ3v) is 5.70. The van der Waals surface area contributed by atoms with Crippen molar-refractivity contribution in [2.75, 3.05) is 13.1 Å². The lowest BCUT2D eigenvalue weighted by atomic mass is 9.66. The molecule has 1 heterocycles. The first-order valence-electron chi connectivity index (χ1n) is 9.08. The minimum Gasteiger partial charge on any atom is -0.316 e. The van der Waals surface area contributed by atoms with Crippen LogP contribution < -0.4 is 5.32 Å². The van der Waals surface area contributed by atoms with Gasteiger partial charge in [-0.2, -0.15) is 0 Å². The molecule has 1 aliphatic carbocycles. The van der Waals surface area contributed by atoms with Gasteiger partial charge in [0.2, 0.25) is 0 Å². The summed E-state index contributed by atoms with van der Waals surface area (Å²) >= 11 is 0. The maximum absolute atomic E-state index is 3.55. The van der Waals surface area contributed by atoms with E-state index in [1.807, 2.05) is 0 Å². The van der Waals surface area contributed by atoms with Gasteiger partial charge in [0.1, 0.15) is 0 Å². The van der Waals surface area contributed by atoms with Gasteiger partial charge in [-0.15, -0.1) is 0 Å². The second kappa shape index (κ2) is 8.29. The molecule has 0 aromatic rings. The van der Waals surface area contributed by atoms with Crippen molar-refractivity contribution >= 4 is 0 Å². The molecule has 0 aromatic heterocycles. The molecule has 1 saturated carbocycles. The Morgan fingerprint density at radius 2 is 1.42 bits per heavy atom. The molecular formula is C18H35N. The lowest BCUT2D eigenvalue weighted by Gasteiger charge is -2.48. The van der Waals surface area contributed by atoms with Crippen LogP contribution in [0.15, 0.2) is 0 Å². The van der Waals surface area contributed by atoms with Crippen molar-refractivity contribution in [2.24, 2.45) is 11.3 Å². The SMILES string of the molecule is CCCCCCCCCCC1(C2CCCC2)CNC1. The Balaban J connectivity index is 1.52. The van der Waals surface area contributed by atoms with Crippen LogP contribution >= 0.6 is 0 Å². The van der Waals surface area contributed by atoms with E-state index in [0.717, 1.165) is 11.3 Å². The van der Waals surface area contributed by atoms with Crippen LogP contribution in [0.4, 0.5) is 0 Å². The molecule has 2 rings (SSSR count). The summed E-state index contributed by atoms with van der Waals surface area (Å²) in [5.74, 6) is 1.07. The zero-order valence-corrected chi connectivity index (χ0v) is 13.2. The van der Waals surface area contributed by atoms with Crippen LogP contribution in [0.5, 0.6) is 0 Å². The van der Waals surface area contributed by atoms with Gasteiger partial charge in [-0.05, 0) is 30.6 Å². The van der Waals surface area contributed by atoms with Crippen molar-refractivity contribution in [3.05, 3.63) is 0 Å². The lowest BCUT2D eigenvalue weighted by molar-refractivity contribution is 0.0665. The highest BCUT2D eigenvalue weighted by Gasteiger charge is 2.43. The molecule has 0 bridgehead atoms. The molecule has 0 aromatic carbocycles. The van der Waals surface area contributed by atoms with E-state index < -0.39 is 0 Å². The van der Waals surface area contributed by atoms with Crippen molar-refractivity contribution in [1.29, 1.82) is 0 Å². The summed E-state index contributed by atoms with van der Waals surface area (Å²) in [6.45, 7) is 4.96. The molecule has 1 nitrogen and oxygen atoms in total. The van der Waals surface area contributed by atoms with Crippen LogP contribution in [0, 0.1) is 11.3 Å². The van der Waals surface area contributed by atoms with Gasteiger partial charge in [-0.25, -0.2) is 0 Å². The molecule has 0 radical (unpaired) electrons. The fraction of sp³-hybridized carbons (Fsp3) is 1.00. The molecule has 1 aliphatic heterocycles. The van der Waals surface area contributed by atoms with E-state index in [1.165, 1.54) is 96.6 Å². The van der Waals surface area contributed by atoms with Crippen molar-refractivity contribution < 1.29 is 0 Å². The highest BCUT2D eigenvalue weighted by molar-refractivity contribution is 4.98. The minimum absolute atomic E-state index is 0.735. The summed E-state index contributed by atoms with van der Waals surface area (Å²) in [6, 6.07) is 0. The molecule has 2 aliphatic rings. The predicted molar refractivity (Wildman–Crippen MR) is 84.5 cm³/mol. The third kappa shape index (κ3) is 4.48. The van der Waals surface area contributed by atoms with E-state index in [1.54, 1.807) is 0 Å². The molecule has 0 atom stereocenters. The fourth-order valence-electron chi connectivity index (χ4n) is 4.26. The van der Waals surface area contributed by atoms with Crippen LogP contribution in [0.3, 0.4) is 0 Å². The number of hydrogen-bond donors (Lipinski definition) is 1. The highest BCUT2D eigenvalue weighted by Crippen LogP contribution is 2.45. The zero-order chi connectivity index (χ0) is 13.4. The van der Waals surface area contributed by atoms with Gasteiger partial charge >= 0.3 is 0 Å². The van der Waals surface area contributed by atoms with Gasteiger partial charge in [0, 0.05) is 13.1 Å². The van der Waals surface area contributed by atoms with Crippen LogP contribution in [0.25, 0.3) is 0 Å². The van der Waals surface area contributed by atoms with Crippen molar-refractivity contribution in [3.8, 4) is 0 Å². The molecule has 0 amide bonds. The first-order valence-corrected chi connectivity index (χ1v) is 9.08. The maximum atomic E-state index is 3.55. The number of hydrogen-bond acceptors (Lipinski definition) is 1. The van der Waals surface area contributed by atoms with Crippen LogP contribution in [-0.4, -0.2) is 13.1 Å². The Bertz CT molecular complexity index is 226. The first-order chi connectivity index (χ1) is 9.37. The van der Waals surface area contributed by atoms with Crippen LogP contribution in [-0.2, 0) is 0 Å². The zero-order valence-electron chi connectivity index (χ0n) is 13.2. The topological polar surface area (TPSA) is 12.0 Å². The second-order valence-electron chi connectivity index (χ2n) is 7.17. The number of nitrogens with one attached hydrogen (secondary N) is 1. The van der Waals surface area contributed by atoms with E-state index in [0.29, 0.717) is 0 Å². The molecule has 1 N–H and O–H groups in total. The predicted octanol–water partition coefficient (Wildman–Crippen LogP) is 5.30. The average molecular weight is 265 g/mol. The van der Waals surface area contributed by atoms with Gasteiger partial charge in [-0.3, -0.25) is 0 Å². The summed E-state index contributed by atoms with van der Waals surface area (Å²) in [6.07, 6.45) is 19.3. The van der Waals surface area contributed by atoms with E-state index in [2.05, 4.69) is 12.2 Å². The first kappa shape index (κ1) is 15.4. The van der Waals surface area contributed by atoms with E-state index in [-0.39, 0.29) is 0 Å². The summed E-state index contributed by atoms with van der Waals surface area (Å²) in [5, 5.41) is 3.55. The standard InChI is InChI=1S/C18H35N/c1-2-3-4-5-6-7-8-11-14-18(15-19-16-18)17-12-9-10-13-17/h17,19H,2-16H2,1H3. The molecule has 19 heavy (non-hydrogen) atoms. The largest absolute Gasteiger partial charge is 0.316 e. The van der Waals surface area contributed by atoms with Crippen molar-refractivity contribution in [1.82, 2.24) is 5.32 Å². The molecular weight excluding hydrogens is 230 g/mol. The Hall–Kier alpha value is -0.0400. The van der Waals surface area contributed by atoms with Gasteiger partial charge in [0.25, 0.3) is 0 Å². The van der Waals surface area contributed by atoms with Gasteiger partial charge in [0.15, 0.2) is 0 Å². The molecule has 1 heteroatoms. The average Bonchev–Trinajstić information content (AvgIpc) is 2.89. The molecule has 2 fully saturated rings. The van der Waals surface area contributed by atoms with Crippen molar-refractivity contribution in [2.45, 2.75) is 90.4 Å². The van der Waals surface area contributed by atoms with Crippen LogP contribution in [0.1, 0.15) is 90.4 Å². The Morgan fingerprint density at radius 3 is 1.95 bits per heavy atom. The minimum atomic E-state index is 0.735. The van der Waals surface area contributed by atoms with E-state index in [9.17, 15) is 0 Å². The molecule has 0 spiro atoms. The van der Waals surface area contributed by atoms with Gasteiger partial charge < -0.3 is 5.32 Å². The Kier molecular flexibility index (Phi) is 6.70. The maximum Gasteiger partial charge on any atom is 0.00229 e. The van der Waals surface area contributed by atoms with Gasteiger partial charge in [0.05, 0.1) is 0 Å². The smallest absolute Gasteiger partial charge is 0.00229 e. The Labute approximate surface area is 120 Å². The normalized spacial score (nSPS) is 22.6. The third-order valence-electron chi connectivity index (χ3n) is 5.70. The molecule has 0 unspecified atom stereocenters. The number of unbranched alkanes of at least 4 members (excludes halogenated alkanes) is 7. The lowest BCUT2D eigenvalue weighted by Crippen LogP contribution is -2.57. The van der Waals surface area contributed by atoms with Crippen molar-refractivity contribution in [3.63, 3.8) is 0 Å². The summed E-state index contributed by atoms with van der Waals surface area (Å²) in [7, 11) is 0. The fourth-order valence-corrected chi connectivity index (χ4v) is 4.26.